The van der Waals surface area contributed by atoms with Crippen LogP contribution < -0.4 is 0 Å². The van der Waals surface area contributed by atoms with Gasteiger partial charge in [-0.2, -0.15) is 0 Å². The highest BCUT2D eigenvalue weighted by molar-refractivity contribution is 7.47. The Morgan fingerprint density at radius 2 is 0.701 bits per heavy atom. The highest BCUT2D eigenvalue weighted by atomic mass is 31.2. The van der Waals surface area contributed by atoms with Gasteiger partial charge < -0.3 is 18.9 Å². The maximum absolute atomic E-state index is 12.8. The third-order valence-corrected chi connectivity index (χ3v) is 16.2. The molecule has 77 heavy (non-hydrogen) atoms. The number of esters is 2. The lowest BCUT2D eigenvalue weighted by Crippen LogP contribution is -2.37. The van der Waals surface area contributed by atoms with Gasteiger partial charge in [0, 0.05) is 12.8 Å². The van der Waals surface area contributed by atoms with E-state index in [1.165, 1.54) is 263 Å². The van der Waals surface area contributed by atoms with E-state index in [1.54, 1.807) is 0 Å². The smallest absolute Gasteiger partial charge is 0.462 e. The summed E-state index contributed by atoms with van der Waals surface area (Å²) >= 11 is 0. The fourth-order valence-corrected chi connectivity index (χ4v) is 10.8. The maximum Gasteiger partial charge on any atom is 0.472 e. The molecule has 0 aliphatic rings. The number of hydrogen-bond acceptors (Lipinski definition) is 7. The van der Waals surface area contributed by atoms with Gasteiger partial charge in [0.15, 0.2) is 6.10 Å². The minimum absolute atomic E-state index is 0.0334. The van der Waals surface area contributed by atoms with E-state index in [0.717, 1.165) is 44.9 Å². The molecule has 1 N–H and O–H groups in total. The molecule has 0 amide bonds. The van der Waals surface area contributed by atoms with Gasteiger partial charge in [0.05, 0.1) is 27.7 Å². The van der Waals surface area contributed by atoms with Gasteiger partial charge >= 0.3 is 19.8 Å². The van der Waals surface area contributed by atoms with Crippen molar-refractivity contribution in [2.45, 2.75) is 347 Å². The molecule has 0 saturated heterocycles. The largest absolute Gasteiger partial charge is 0.472 e. The standard InChI is InChI=1S/C67H130NO8P/c1-6-8-10-12-14-16-18-20-22-24-26-28-29-30-31-32-33-34-35-36-37-38-40-41-43-45-47-49-51-53-55-57-59-66(69)73-63-65(64-75-77(71,72)74-62-61-68(3,4)5)76-67(70)60-58-56-54-52-50-48-46-44-42-39-27-25-23-21-19-17-15-13-11-9-7-2/h19,21,25,27,65H,6-18,20,22-24,26,28-64H2,1-5H3/p+1/b21-19-,27-25-. The molecule has 0 aliphatic carbocycles. The summed E-state index contributed by atoms with van der Waals surface area (Å²) in [7, 11) is 1.49. The zero-order valence-electron chi connectivity index (χ0n) is 52.0. The van der Waals surface area contributed by atoms with E-state index in [2.05, 4.69) is 38.2 Å². The van der Waals surface area contributed by atoms with Crippen molar-refractivity contribution in [3.8, 4) is 0 Å². The SMILES string of the molecule is CCCCCCC/C=C\C/C=C\CCCCCCCCCCCC(=O)OC(COC(=O)CCCCCCCCCCCCCCCCCCCCCCCCCCCCCCCCCC)COP(=O)(O)OCC[N+](C)(C)C. The zero-order chi connectivity index (χ0) is 56.3. The number of allylic oxidation sites excluding steroid dienone is 4. The normalized spacial score (nSPS) is 13.3. The van der Waals surface area contributed by atoms with Crippen LogP contribution >= 0.6 is 7.82 Å². The summed E-state index contributed by atoms with van der Waals surface area (Å²) in [5, 5.41) is 0. The Hall–Kier alpha value is -1.51. The maximum atomic E-state index is 12.8. The number of rotatable bonds is 63. The Morgan fingerprint density at radius 1 is 0.403 bits per heavy atom. The van der Waals surface area contributed by atoms with Crippen LogP contribution in [-0.4, -0.2) is 74.9 Å². The molecule has 10 heteroatoms. The molecule has 0 radical (unpaired) electrons. The summed E-state index contributed by atoms with van der Waals surface area (Å²) in [5.41, 5.74) is 0. The zero-order valence-corrected chi connectivity index (χ0v) is 52.9. The molecule has 2 atom stereocenters. The van der Waals surface area contributed by atoms with Gasteiger partial charge in [0.1, 0.15) is 19.8 Å². The summed E-state index contributed by atoms with van der Waals surface area (Å²) in [6.07, 6.45) is 72.8. The summed E-state index contributed by atoms with van der Waals surface area (Å²) in [6.45, 7) is 4.48. The van der Waals surface area contributed by atoms with Crippen LogP contribution in [0.25, 0.3) is 0 Å². The van der Waals surface area contributed by atoms with Crippen molar-refractivity contribution in [1.82, 2.24) is 0 Å². The number of phosphoric ester groups is 1. The summed E-state index contributed by atoms with van der Waals surface area (Å²) in [4.78, 5) is 35.8. The van der Waals surface area contributed by atoms with E-state index in [1.807, 2.05) is 21.1 Å². The van der Waals surface area contributed by atoms with Crippen LogP contribution in [0, 0.1) is 0 Å². The predicted octanol–water partition coefficient (Wildman–Crippen LogP) is 21.3. The van der Waals surface area contributed by atoms with E-state index in [-0.39, 0.29) is 25.6 Å². The first-order chi connectivity index (χ1) is 37.5. The first kappa shape index (κ1) is 75.5. The van der Waals surface area contributed by atoms with Gasteiger partial charge in [0.2, 0.25) is 0 Å². The molecular formula is C67H131NO8P+. The monoisotopic (exact) mass is 1110 g/mol. The second kappa shape index (κ2) is 59.1. The Morgan fingerprint density at radius 3 is 1.03 bits per heavy atom. The van der Waals surface area contributed by atoms with Gasteiger partial charge in [-0.3, -0.25) is 18.6 Å². The van der Waals surface area contributed by atoms with E-state index in [0.29, 0.717) is 23.9 Å². The number of hydrogen-bond donors (Lipinski definition) is 1. The lowest BCUT2D eigenvalue weighted by atomic mass is 10.0. The second-order valence-corrected chi connectivity index (χ2v) is 25.7. The topological polar surface area (TPSA) is 108 Å². The first-order valence-electron chi connectivity index (χ1n) is 33.6. The third kappa shape index (κ3) is 63.5. The molecule has 0 bridgehead atoms. The molecule has 0 aromatic carbocycles. The van der Waals surface area contributed by atoms with Gasteiger partial charge in [-0.15, -0.1) is 0 Å². The van der Waals surface area contributed by atoms with Crippen molar-refractivity contribution in [3.63, 3.8) is 0 Å². The molecule has 9 nitrogen and oxygen atoms in total. The van der Waals surface area contributed by atoms with Crippen LogP contribution in [-0.2, 0) is 32.7 Å². The molecule has 0 fully saturated rings. The summed E-state index contributed by atoms with van der Waals surface area (Å²) in [5.74, 6) is -0.783. The average Bonchev–Trinajstić information content (AvgIpc) is 3.39. The number of likely N-dealkylation sites (N-methyl/N-ethyl adjacent to an activating group) is 1. The number of nitrogens with zero attached hydrogens (tertiary/aromatic N) is 1. The van der Waals surface area contributed by atoms with Crippen LogP contribution in [0.15, 0.2) is 24.3 Å². The molecular weight excluding hydrogens is 978 g/mol. The van der Waals surface area contributed by atoms with E-state index in [4.69, 9.17) is 18.5 Å². The van der Waals surface area contributed by atoms with Crippen molar-refractivity contribution in [1.29, 1.82) is 0 Å². The molecule has 0 rings (SSSR count). The van der Waals surface area contributed by atoms with E-state index < -0.39 is 26.5 Å². The van der Waals surface area contributed by atoms with Crippen LogP contribution in [0.5, 0.6) is 0 Å². The number of unbranched alkanes of at least 4 members (excludes halogenated alkanes) is 45. The van der Waals surface area contributed by atoms with Gasteiger partial charge in [-0.1, -0.05) is 308 Å². The van der Waals surface area contributed by atoms with Gasteiger partial charge in [0.25, 0.3) is 0 Å². The molecule has 0 aromatic heterocycles. The van der Waals surface area contributed by atoms with Crippen molar-refractivity contribution >= 4 is 19.8 Å². The number of carbonyl (C=O) groups is 2. The highest BCUT2D eigenvalue weighted by Crippen LogP contribution is 2.43. The predicted molar refractivity (Wildman–Crippen MR) is 331 cm³/mol. The van der Waals surface area contributed by atoms with E-state index in [9.17, 15) is 19.0 Å². The Kier molecular flexibility index (Phi) is 58.0. The minimum atomic E-state index is -4.39. The molecule has 2 unspecified atom stereocenters. The average molecular weight is 1110 g/mol. The lowest BCUT2D eigenvalue weighted by Gasteiger charge is -2.24. The second-order valence-electron chi connectivity index (χ2n) is 24.2. The Labute approximate surface area is 479 Å². The van der Waals surface area contributed by atoms with Crippen molar-refractivity contribution < 1.29 is 42.1 Å². The number of ether oxygens (including phenoxy) is 2. The summed E-state index contributed by atoms with van der Waals surface area (Å²) in [6, 6.07) is 0. The number of phosphoric acid groups is 1. The Bertz CT molecular complexity index is 1350. The molecule has 0 aromatic rings. The van der Waals surface area contributed by atoms with Crippen LogP contribution in [0.2, 0.25) is 0 Å². The fourth-order valence-electron chi connectivity index (χ4n) is 10.1. The van der Waals surface area contributed by atoms with Gasteiger partial charge in [-0.25, -0.2) is 4.57 Å². The van der Waals surface area contributed by atoms with Crippen LogP contribution in [0.3, 0.4) is 0 Å². The minimum Gasteiger partial charge on any atom is -0.462 e. The van der Waals surface area contributed by atoms with Crippen molar-refractivity contribution in [3.05, 3.63) is 24.3 Å². The van der Waals surface area contributed by atoms with Crippen molar-refractivity contribution in [2.75, 3.05) is 47.5 Å². The van der Waals surface area contributed by atoms with Gasteiger partial charge in [-0.05, 0) is 44.9 Å². The molecule has 0 saturated carbocycles. The number of quaternary nitrogens is 1. The number of carbonyl (C=O) groups excluding carboxylic acids is 2. The third-order valence-electron chi connectivity index (χ3n) is 15.2. The molecule has 0 heterocycles. The quantitative estimate of drug-likeness (QED) is 0.0211. The molecule has 456 valence electrons. The van der Waals surface area contributed by atoms with Crippen molar-refractivity contribution in [2.24, 2.45) is 0 Å². The summed E-state index contributed by atoms with van der Waals surface area (Å²) < 4.78 is 34.7. The van der Waals surface area contributed by atoms with E-state index >= 15 is 0 Å². The fraction of sp³-hybridized carbons (Fsp3) is 0.910. The molecule has 0 aliphatic heterocycles. The lowest BCUT2D eigenvalue weighted by molar-refractivity contribution is -0.870. The molecule has 0 spiro atoms. The first-order valence-corrected chi connectivity index (χ1v) is 35.1. The highest BCUT2D eigenvalue weighted by Gasteiger charge is 2.27. The van der Waals surface area contributed by atoms with Crippen LogP contribution in [0.4, 0.5) is 0 Å². The van der Waals surface area contributed by atoms with Crippen LogP contribution in [0.1, 0.15) is 341 Å². The Balaban J connectivity index is 3.98.